The van der Waals surface area contributed by atoms with Crippen molar-refractivity contribution in [1.82, 2.24) is 5.32 Å². The van der Waals surface area contributed by atoms with Gasteiger partial charge in [0.25, 0.3) is 0 Å². The number of rotatable bonds is 8. The van der Waals surface area contributed by atoms with Crippen LogP contribution in [-0.4, -0.2) is 33.0 Å². The summed E-state index contributed by atoms with van der Waals surface area (Å²) in [4.78, 5) is 0. The van der Waals surface area contributed by atoms with Crippen LogP contribution in [0.2, 0.25) is 10.0 Å². The Labute approximate surface area is 125 Å². The van der Waals surface area contributed by atoms with E-state index >= 15 is 0 Å². The van der Waals surface area contributed by atoms with Crippen molar-refractivity contribution in [2.75, 3.05) is 24.6 Å². The summed E-state index contributed by atoms with van der Waals surface area (Å²) >= 11 is 11.9. The van der Waals surface area contributed by atoms with Crippen molar-refractivity contribution in [3.63, 3.8) is 0 Å². The van der Waals surface area contributed by atoms with Crippen LogP contribution < -0.4 is 5.32 Å². The van der Waals surface area contributed by atoms with Gasteiger partial charge in [0.15, 0.2) is 9.84 Å². The van der Waals surface area contributed by atoms with Crippen molar-refractivity contribution >= 4 is 33.0 Å². The normalized spacial score (nSPS) is 11.7. The standard InChI is InChI=1S/C13H19Cl2NO2S/c1-2-8-19(17,18)9-7-16-6-5-11-3-4-12(14)10-13(11)15/h3-4,10,16H,2,5-9H2,1H3. The number of benzene rings is 1. The Hall–Kier alpha value is -0.290. The Morgan fingerprint density at radius 2 is 1.89 bits per heavy atom. The highest BCUT2D eigenvalue weighted by Gasteiger charge is 2.08. The van der Waals surface area contributed by atoms with E-state index in [1.54, 1.807) is 12.1 Å². The predicted molar refractivity (Wildman–Crippen MR) is 82.0 cm³/mol. The van der Waals surface area contributed by atoms with Crippen LogP contribution in [-0.2, 0) is 16.3 Å². The van der Waals surface area contributed by atoms with E-state index in [4.69, 9.17) is 23.2 Å². The van der Waals surface area contributed by atoms with Crippen LogP contribution in [0.4, 0.5) is 0 Å². The average Bonchev–Trinajstić information content (AvgIpc) is 2.31. The third-order valence-electron chi connectivity index (χ3n) is 2.69. The molecular formula is C13H19Cl2NO2S. The summed E-state index contributed by atoms with van der Waals surface area (Å²) in [6.45, 7) is 3.05. The minimum atomic E-state index is -2.90. The van der Waals surface area contributed by atoms with E-state index in [-0.39, 0.29) is 11.5 Å². The van der Waals surface area contributed by atoms with Crippen molar-refractivity contribution in [1.29, 1.82) is 0 Å². The van der Waals surface area contributed by atoms with E-state index < -0.39 is 9.84 Å². The van der Waals surface area contributed by atoms with Gasteiger partial charge < -0.3 is 5.32 Å². The lowest BCUT2D eigenvalue weighted by Crippen LogP contribution is -2.26. The second kappa shape index (κ2) is 8.10. The van der Waals surface area contributed by atoms with Gasteiger partial charge in [0.2, 0.25) is 0 Å². The van der Waals surface area contributed by atoms with E-state index in [1.807, 2.05) is 13.0 Å². The smallest absolute Gasteiger partial charge is 0.151 e. The van der Waals surface area contributed by atoms with Crippen LogP contribution in [0.25, 0.3) is 0 Å². The third kappa shape index (κ3) is 6.61. The third-order valence-corrected chi connectivity index (χ3v) is 5.13. The highest BCUT2D eigenvalue weighted by Crippen LogP contribution is 2.20. The maximum Gasteiger partial charge on any atom is 0.151 e. The molecule has 0 aliphatic carbocycles. The number of halogens is 2. The summed E-state index contributed by atoms with van der Waals surface area (Å²) in [5.41, 5.74) is 1.01. The van der Waals surface area contributed by atoms with Crippen molar-refractivity contribution < 1.29 is 8.42 Å². The van der Waals surface area contributed by atoms with Crippen LogP contribution in [0.15, 0.2) is 18.2 Å². The van der Waals surface area contributed by atoms with Gasteiger partial charge in [0, 0.05) is 22.3 Å². The minimum absolute atomic E-state index is 0.190. The van der Waals surface area contributed by atoms with E-state index in [9.17, 15) is 8.42 Å². The van der Waals surface area contributed by atoms with Crippen molar-refractivity contribution in [2.45, 2.75) is 19.8 Å². The molecule has 0 unspecified atom stereocenters. The summed E-state index contributed by atoms with van der Waals surface area (Å²) in [5.74, 6) is 0.451. The molecule has 0 saturated heterocycles. The summed E-state index contributed by atoms with van der Waals surface area (Å²) in [6.07, 6.45) is 1.42. The molecule has 1 rings (SSSR count). The molecule has 1 aromatic carbocycles. The molecule has 0 heterocycles. The molecule has 108 valence electrons. The van der Waals surface area contributed by atoms with Gasteiger partial charge in [-0.15, -0.1) is 0 Å². The van der Waals surface area contributed by atoms with E-state index in [2.05, 4.69) is 5.32 Å². The lowest BCUT2D eigenvalue weighted by Gasteiger charge is -2.07. The first-order valence-electron chi connectivity index (χ1n) is 6.29. The second-order valence-corrected chi connectivity index (χ2v) is 7.53. The Balaban J connectivity index is 2.28. The summed E-state index contributed by atoms with van der Waals surface area (Å²) < 4.78 is 23.0. The van der Waals surface area contributed by atoms with E-state index in [0.717, 1.165) is 12.0 Å². The van der Waals surface area contributed by atoms with Gasteiger partial charge in [0.05, 0.1) is 5.75 Å². The van der Waals surface area contributed by atoms with Gasteiger partial charge in [-0.1, -0.05) is 36.2 Å². The fourth-order valence-corrected chi connectivity index (χ4v) is 3.50. The van der Waals surface area contributed by atoms with Gasteiger partial charge in [0.1, 0.15) is 0 Å². The highest BCUT2D eigenvalue weighted by atomic mass is 35.5. The Morgan fingerprint density at radius 3 is 2.53 bits per heavy atom. The molecule has 1 aromatic rings. The first-order valence-corrected chi connectivity index (χ1v) is 8.87. The van der Waals surface area contributed by atoms with Crippen LogP contribution in [0.5, 0.6) is 0 Å². The molecular weight excluding hydrogens is 305 g/mol. The Morgan fingerprint density at radius 1 is 1.16 bits per heavy atom. The van der Waals surface area contributed by atoms with Gasteiger partial charge in [-0.3, -0.25) is 0 Å². The molecule has 1 N–H and O–H groups in total. The first-order chi connectivity index (χ1) is 8.94. The van der Waals surface area contributed by atoms with Gasteiger partial charge >= 0.3 is 0 Å². The van der Waals surface area contributed by atoms with Crippen LogP contribution >= 0.6 is 23.2 Å². The topological polar surface area (TPSA) is 46.2 Å². The van der Waals surface area contributed by atoms with Crippen molar-refractivity contribution in [3.8, 4) is 0 Å². The van der Waals surface area contributed by atoms with Crippen molar-refractivity contribution in [2.24, 2.45) is 0 Å². The molecule has 0 bridgehead atoms. The van der Waals surface area contributed by atoms with Gasteiger partial charge in [-0.2, -0.15) is 0 Å². The molecule has 3 nitrogen and oxygen atoms in total. The number of nitrogens with one attached hydrogen (secondary N) is 1. The highest BCUT2D eigenvalue weighted by molar-refractivity contribution is 7.91. The molecule has 0 aliphatic heterocycles. The maximum atomic E-state index is 11.5. The monoisotopic (exact) mass is 323 g/mol. The molecule has 6 heteroatoms. The van der Waals surface area contributed by atoms with Crippen molar-refractivity contribution in [3.05, 3.63) is 33.8 Å². The first kappa shape index (κ1) is 16.8. The van der Waals surface area contributed by atoms with E-state index in [1.165, 1.54) is 0 Å². The average molecular weight is 324 g/mol. The zero-order valence-corrected chi connectivity index (χ0v) is 13.3. The SMILES string of the molecule is CCCS(=O)(=O)CCNCCc1ccc(Cl)cc1Cl. The predicted octanol–water partition coefficient (Wildman–Crippen LogP) is 2.95. The van der Waals surface area contributed by atoms with Crippen LogP contribution in [0.3, 0.4) is 0 Å². The number of hydrogen-bond acceptors (Lipinski definition) is 3. The maximum absolute atomic E-state index is 11.5. The fourth-order valence-electron chi connectivity index (χ4n) is 1.71. The van der Waals surface area contributed by atoms with E-state index in [0.29, 0.717) is 29.6 Å². The largest absolute Gasteiger partial charge is 0.315 e. The van der Waals surface area contributed by atoms with Gasteiger partial charge in [-0.25, -0.2) is 8.42 Å². The molecule has 0 aliphatic rings. The number of hydrogen-bond donors (Lipinski definition) is 1. The summed E-state index contributed by atoms with van der Waals surface area (Å²) in [7, 11) is -2.90. The Kier molecular flexibility index (Phi) is 7.15. The lowest BCUT2D eigenvalue weighted by molar-refractivity contribution is 0.589. The van der Waals surface area contributed by atoms with Gasteiger partial charge in [-0.05, 0) is 37.1 Å². The summed E-state index contributed by atoms with van der Waals surface area (Å²) in [5, 5.41) is 4.38. The van der Waals surface area contributed by atoms with Crippen LogP contribution in [0.1, 0.15) is 18.9 Å². The number of sulfone groups is 1. The molecule has 19 heavy (non-hydrogen) atoms. The molecule has 0 aromatic heterocycles. The van der Waals surface area contributed by atoms with Crippen LogP contribution in [0, 0.1) is 0 Å². The molecule has 0 atom stereocenters. The fraction of sp³-hybridized carbons (Fsp3) is 0.538. The quantitative estimate of drug-likeness (QED) is 0.748. The lowest BCUT2D eigenvalue weighted by atomic mass is 10.1. The zero-order chi connectivity index (χ0) is 14.3. The molecule has 0 fully saturated rings. The zero-order valence-electron chi connectivity index (χ0n) is 11.0. The minimum Gasteiger partial charge on any atom is -0.315 e. The Bertz CT molecular complexity index is 503. The molecule has 0 radical (unpaired) electrons. The second-order valence-electron chi connectivity index (χ2n) is 4.39. The molecule has 0 amide bonds. The molecule has 0 spiro atoms. The summed E-state index contributed by atoms with van der Waals surface area (Å²) in [6, 6.07) is 5.40. The molecule has 0 saturated carbocycles.